The molecule has 0 aliphatic rings. The van der Waals surface area contributed by atoms with Gasteiger partial charge in [0, 0.05) is 18.2 Å². The molecule has 0 aliphatic heterocycles. The number of hydrogen-bond donors (Lipinski definition) is 1. The third-order valence-electron chi connectivity index (χ3n) is 3.72. The maximum atomic E-state index is 13.6. The van der Waals surface area contributed by atoms with Gasteiger partial charge in [0.05, 0.1) is 0 Å². The molecule has 0 saturated heterocycles. The second kappa shape index (κ2) is 10.9. The van der Waals surface area contributed by atoms with Crippen molar-refractivity contribution in [2.75, 3.05) is 13.2 Å². The molecule has 0 spiro atoms. The normalized spacial score (nSPS) is 13.3. The summed E-state index contributed by atoms with van der Waals surface area (Å²) in [6, 6.07) is 3.08. The minimum atomic E-state index is -0.758. The Bertz CT molecular complexity index is 587. The number of ether oxygens (including phenoxy) is 2. The summed E-state index contributed by atoms with van der Waals surface area (Å²) in [6.07, 6.45) is 0.0567. The van der Waals surface area contributed by atoms with Crippen LogP contribution in [0.4, 0.5) is 8.78 Å². The van der Waals surface area contributed by atoms with E-state index in [1.807, 2.05) is 13.8 Å². The second-order valence-electron chi connectivity index (χ2n) is 6.68. The standard InChI is InChI=1S/C19H27F2NO4/c1-12(2)8-9-25-14(4)19(24)26-11-18(23)22-13(3)10-15-16(20)6-5-7-17(15)21/h5-7,12-14H,8-11H2,1-4H3,(H,22,23). The van der Waals surface area contributed by atoms with Crippen molar-refractivity contribution in [3.63, 3.8) is 0 Å². The second-order valence-corrected chi connectivity index (χ2v) is 6.68. The largest absolute Gasteiger partial charge is 0.454 e. The van der Waals surface area contributed by atoms with Gasteiger partial charge in [0.2, 0.25) is 0 Å². The fraction of sp³-hybridized carbons (Fsp3) is 0.579. The molecule has 2 atom stereocenters. The zero-order valence-electron chi connectivity index (χ0n) is 15.7. The lowest BCUT2D eigenvalue weighted by Gasteiger charge is -2.16. The van der Waals surface area contributed by atoms with Gasteiger partial charge in [-0.15, -0.1) is 0 Å². The number of benzene rings is 1. The van der Waals surface area contributed by atoms with Crippen LogP contribution in [0.15, 0.2) is 18.2 Å². The Labute approximate surface area is 153 Å². The van der Waals surface area contributed by atoms with Crippen molar-refractivity contribution in [2.45, 2.75) is 52.7 Å². The van der Waals surface area contributed by atoms with E-state index in [0.29, 0.717) is 12.5 Å². The van der Waals surface area contributed by atoms with Crippen LogP contribution in [0, 0.1) is 17.6 Å². The first-order valence-electron chi connectivity index (χ1n) is 8.71. The van der Waals surface area contributed by atoms with E-state index < -0.39 is 42.3 Å². The van der Waals surface area contributed by atoms with Gasteiger partial charge in [-0.3, -0.25) is 4.79 Å². The summed E-state index contributed by atoms with van der Waals surface area (Å²) >= 11 is 0. The maximum Gasteiger partial charge on any atom is 0.335 e. The summed E-state index contributed by atoms with van der Waals surface area (Å²) in [5.41, 5.74) is -0.0931. The SMILES string of the molecule is CC(C)CCOC(C)C(=O)OCC(=O)NC(C)Cc1c(F)cccc1F. The number of halogens is 2. The predicted octanol–water partition coefficient (Wildman–Crippen LogP) is 3.01. The third kappa shape index (κ3) is 7.91. The van der Waals surface area contributed by atoms with Crippen molar-refractivity contribution in [1.29, 1.82) is 0 Å². The van der Waals surface area contributed by atoms with Crippen LogP contribution in [0.25, 0.3) is 0 Å². The number of nitrogens with one attached hydrogen (secondary N) is 1. The van der Waals surface area contributed by atoms with Gasteiger partial charge in [-0.25, -0.2) is 13.6 Å². The lowest BCUT2D eigenvalue weighted by molar-refractivity contribution is -0.159. The molecule has 1 aromatic carbocycles. The van der Waals surface area contributed by atoms with E-state index in [2.05, 4.69) is 5.32 Å². The zero-order chi connectivity index (χ0) is 19.7. The summed E-state index contributed by atoms with van der Waals surface area (Å²) in [5.74, 6) is -2.03. The molecule has 26 heavy (non-hydrogen) atoms. The first-order valence-corrected chi connectivity index (χ1v) is 8.71. The van der Waals surface area contributed by atoms with Crippen LogP contribution in [-0.4, -0.2) is 37.2 Å². The number of rotatable bonds is 10. The van der Waals surface area contributed by atoms with E-state index in [1.54, 1.807) is 13.8 Å². The van der Waals surface area contributed by atoms with Gasteiger partial charge >= 0.3 is 5.97 Å². The molecule has 1 rings (SSSR count). The van der Waals surface area contributed by atoms with Crippen LogP contribution in [0.1, 0.15) is 39.7 Å². The summed E-state index contributed by atoms with van der Waals surface area (Å²) in [5, 5.41) is 2.54. The van der Waals surface area contributed by atoms with Crippen molar-refractivity contribution < 1.29 is 27.8 Å². The molecule has 0 fully saturated rings. The molecule has 0 aromatic heterocycles. The quantitative estimate of drug-likeness (QED) is 0.642. The summed E-state index contributed by atoms with van der Waals surface area (Å²) in [4.78, 5) is 23.6. The number of amides is 1. The molecule has 1 aromatic rings. The van der Waals surface area contributed by atoms with Crippen molar-refractivity contribution >= 4 is 11.9 Å². The first-order chi connectivity index (χ1) is 12.2. The lowest BCUT2D eigenvalue weighted by Crippen LogP contribution is -2.38. The van der Waals surface area contributed by atoms with E-state index in [-0.39, 0.29) is 12.0 Å². The van der Waals surface area contributed by atoms with Crippen molar-refractivity contribution in [3.05, 3.63) is 35.4 Å². The van der Waals surface area contributed by atoms with Crippen molar-refractivity contribution in [1.82, 2.24) is 5.32 Å². The van der Waals surface area contributed by atoms with Crippen LogP contribution in [0.3, 0.4) is 0 Å². The Morgan fingerprint density at radius 2 is 1.73 bits per heavy atom. The molecular formula is C19H27F2NO4. The molecule has 146 valence electrons. The molecule has 7 heteroatoms. The van der Waals surface area contributed by atoms with E-state index in [0.717, 1.165) is 18.6 Å². The Morgan fingerprint density at radius 1 is 1.12 bits per heavy atom. The lowest BCUT2D eigenvalue weighted by atomic mass is 10.1. The van der Waals surface area contributed by atoms with Gasteiger partial charge < -0.3 is 14.8 Å². The molecule has 1 amide bonds. The molecule has 0 aliphatic carbocycles. The zero-order valence-corrected chi connectivity index (χ0v) is 15.7. The average Bonchev–Trinajstić information content (AvgIpc) is 2.55. The molecule has 0 bridgehead atoms. The van der Waals surface area contributed by atoms with Crippen LogP contribution >= 0.6 is 0 Å². The Kier molecular flexibility index (Phi) is 9.19. The Balaban J connectivity index is 2.36. The Hall–Kier alpha value is -2.02. The smallest absolute Gasteiger partial charge is 0.335 e. The fourth-order valence-corrected chi connectivity index (χ4v) is 2.20. The molecular weight excluding hydrogens is 344 g/mol. The van der Waals surface area contributed by atoms with Crippen LogP contribution < -0.4 is 5.32 Å². The topological polar surface area (TPSA) is 64.6 Å². The molecule has 0 radical (unpaired) electrons. The van der Waals surface area contributed by atoms with Gasteiger partial charge in [0.1, 0.15) is 11.6 Å². The van der Waals surface area contributed by atoms with Crippen molar-refractivity contribution in [2.24, 2.45) is 5.92 Å². The minimum Gasteiger partial charge on any atom is -0.454 e. The highest BCUT2D eigenvalue weighted by Gasteiger charge is 2.18. The minimum absolute atomic E-state index is 0.00703. The van der Waals surface area contributed by atoms with E-state index in [9.17, 15) is 18.4 Å². The fourth-order valence-electron chi connectivity index (χ4n) is 2.20. The van der Waals surface area contributed by atoms with E-state index >= 15 is 0 Å². The van der Waals surface area contributed by atoms with Crippen molar-refractivity contribution in [3.8, 4) is 0 Å². The molecule has 0 saturated carbocycles. The molecule has 0 heterocycles. The van der Waals surface area contributed by atoms with Crippen LogP contribution in [-0.2, 0) is 25.5 Å². The van der Waals surface area contributed by atoms with Gasteiger partial charge in [-0.2, -0.15) is 0 Å². The van der Waals surface area contributed by atoms with Gasteiger partial charge in [0.15, 0.2) is 12.7 Å². The van der Waals surface area contributed by atoms with E-state index in [1.165, 1.54) is 6.07 Å². The Morgan fingerprint density at radius 3 is 2.31 bits per heavy atom. The highest BCUT2D eigenvalue weighted by Crippen LogP contribution is 2.14. The molecule has 2 unspecified atom stereocenters. The summed E-state index contributed by atoms with van der Waals surface area (Å²) < 4.78 is 37.5. The number of esters is 1. The molecule has 5 nitrogen and oxygen atoms in total. The van der Waals surface area contributed by atoms with Crippen LogP contribution in [0.5, 0.6) is 0 Å². The monoisotopic (exact) mass is 371 g/mol. The number of hydrogen-bond acceptors (Lipinski definition) is 4. The maximum absolute atomic E-state index is 13.6. The van der Waals surface area contributed by atoms with Gasteiger partial charge in [-0.1, -0.05) is 19.9 Å². The van der Waals surface area contributed by atoms with Gasteiger partial charge in [-0.05, 0) is 44.7 Å². The van der Waals surface area contributed by atoms with Gasteiger partial charge in [0.25, 0.3) is 5.91 Å². The first kappa shape index (κ1) is 22.0. The highest BCUT2D eigenvalue weighted by atomic mass is 19.1. The van der Waals surface area contributed by atoms with Crippen LogP contribution in [0.2, 0.25) is 0 Å². The van der Waals surface area contributed by atoms with E-state index in [4.69, 9.17) is 9.47 Å². The third-order valence-corrected chi connectivity index (χ3v) is 3.72. The average molecular weight is 371 g/mol. The highest BCUT2D eigenvalue weighted by molar-refractivity contribution is 5.82. The summed E-state index contributed by atoms with van der Waals surface area (Å²) in [7, 11) is 0. The number of carbonyl (C=O) groups excluding carboxylic acids is 2. The molecule has 1 N–H and O–H groups in total. The number of carbonyl (C=O) groups is 2. The summed E-state index contributed by atoms with van der Waals surface area (Å²) in [6.45, 7) is 7.23. The predicted molar refractivity (Wildman–Crippen MR) is 93.5 cm³/mol.